The topological polar surface area (TPSA) is 12.9 Å². The molecule has 1 heterocycles. The van der Waals surface area contributed by atoms with Gasteiger partial charge in [0.25, 0.3) is 0 Å². The van der Waals surface area contributed by atoms with E-state index >= 15 is 0 Å². The Bertz CT molecular complexity index is 346. The van der Waals surface area contributed by atoms with E-state index in [0.29, 0.717) is 0 Å². The summed E-state index contributed by atoms with van der Waals surface area (Å²) in [5.41, 5.74) is 5.71. The van der Waals surface area contributed by atoms with Crippen LogP contribution in [0.1, 0.15) is 42.5 Å². The van der Waals surface area contributed by atoms with Crippen molar-refractivity contribution in [3.63, 3.8) is 0 Å². The van der Waals surface area contributed by atoms with Gasteiger partial charge >= 0.3 is 0 Å². The molecule has 1 nitrogen and oxygen atoms in total. The first-order valence-electron chi connectivity index (χ1n) is 5.40. The van der Waals surface area contributed by atoms with Gasteiger partial charge in [-0.25, -0.2) is 0 Å². The molecule has 0 radical (unpaired) electrons. The molecule has 2 unspecified atom stereocenters. The lowest BCUT2D eigenvalue weighted by atomic mass is 9.85. The molecule has 2 atom stereocenters. The fourth-order valence-corrected chi connectivity index (χ4v) is 3.23. The minimum Gasteiger partial charge on any atom is -0.253 e. The Morgan fingerprint density at radius 1 is 1.50 bits per heavy atom. The molecule has 14 heavy (non-hydrogen) atoms. The first kappa shape index (κ1) is 10.1. The molecule has 0 saturated carbocycles. The second-order valence-corrected chi connectivity index (χ2v) is 5.20. The largest absolute Gasteiger partial charge is 0.253 e. The molecular weight excluding hydrogens is 189 g/mol. The van der Waals surface area contributed by atoms with Crippen molar-refractivity contribution in [2.75, 3.05) is 6.66 Å². The summed E-state index contributed by atoms with van der Waals surface area (Å²) in [6.45, 7) is 6.70. The van der Waals surface area contributed by atoms with E-state index in [1.165, 1.54) is 30.4 Å². The monoisotopic (exact) mass is 207 g/mol. The van der Waals surface area contributed by atoms with Crippen molar-refractivity contribution in [2.45, 2.75) is 39.0 Å². The smallest absolute Gasteiger partial charge is 0.0635 e. The lowest BCUT2D eigenvalue weighted by Crippen LogP contribution is -2.19. The summed E-state index contributed by atoms with van der Waals surface area (Å²) in [7, 11) is 0.844. The number of rotatable bonds is 1. The molecule has 0 saturated heterocycles. The summed E-state index contributed by atoms with van der Waals surface area (Å²) in [5, 5.41) is 0. The summed E-state index contributed by atoms with van der Waals surface area (Å²) < 4.78 is 0. The Hall–Kier alpha value is -0.420. The fourth-order valence-electron chi connectivity index (χ4n) is 2.37. The number of hydrogen-bond donors (Lipinski definition) is 0. The second kappa shape index (κ2) is 3.98. The van der Waals surface area contributed by atoms with Gasteiger partial charge in [0, 0.05) is 5.69 Å². The van der Waals surface area contributed by atoms with Gasteiger partial charge in [-0.05, 0) is 56.0 Å². The predicted molar refractivity (Wildman–Crippen MR) is 64.2 cm³/mol. The maximum Gasteiger partial charge on any atom is 0.0635 e. The van der Waals surface area contributed by atoms with Crippen molar-refractivity contribution < 1.29 is 0 Å². The summed E-state index contributed by atoms with van der Waals surface area (Å²) in [4.78, 5) is 4.65. The second-order valence-electron chi connectivity index (χ2n) is 4.22. The predicted octanol–water partition coefficient (Wildman–Crippen LogP) is 2.76. The zero-order chi connectivity index (χ0) is 10.1. The van der Waals surface area contributed by atoms with Gasteiger partial charge in [0.05, 0.1) is 5.44 Å². The van der Waals surface area contributed by atoms with Gasteiger partial charge in [-0.2, -0.15) is 0 Å². The third-order valence-electron chi connectivity index (χ3n) is 3.12. The van der Waals surface area contributed by atoms with Crippen LogP contribution in [0.15, 0.2) is 6.07 Å². The molecule has 1 aromatic rings. The van der Waals surface area contributed by atoms with E-state index in [0.717, 1.165) is 14.5 Å². The van der Waals surface area contributed by atoms with Crippen LogP contribution < -0.4 is 5.44 Å². The molecule has 1 aliphatic carbocycles. The Kier molecular flexibility index (Phi) is 2.88. The van der Waals surface area contributed by atoms with E-state index in [-0.39, 0.29) is 0 Å². The number of nitrogens with zero attached hydrogens (tertiary/aromatic N) is 1. The van der Waals surface area contributed by atoms with Crippen LogP contribution in [-0.2, 0) is 6.42 Å². The molecule has 2 heteroatoms. The van der Waals surface area contributed by atoms with Gasteiger partial charge < -0.3 is 0 Å². The molecule has 0 amide bonds. The first-order chi connectivity index (χ1) is 6.72. The first-order valence-corrected chi connectivity index (χ1v) is 6.90. The summed E-state index contributed by atoms with van der Waals surface area (Å²) in [6, 6.07) is 2.29. The van der Waals surface area contributed by atoms with E-state index < -0.39 is 0 Å². The molecule has 0 bridgehead atoms. The Morgan fingerprint density at radius 2 is 2.29 bits per heavy atom. The van der Waals surface area contributed by atoms with Crippen LogP contribution in [0.2, 0.25) is 0 Å². The van der Waals surface area contributed by atoms with Crippen LogP contribution in [0.5, 0.6) is 0 Å². The molecule has 1 aromatic heterocycles. The van der Waals surface area contributed by atoms with E-state index in [4.69, 9.17) is 0 Å². The maximum absolute atomic E-state index is 4.65. The van der Waals surface area contributed by atoms with Gasteiger partial charge in [0.15, 0.2) is 0 Å². The number of aryl methyl sites for hydroxylation is 1. The third kappa shape index (κ3) is 1.70. The average molecular weight is 207 g/mol. The lowest BCUT2D eigenvalue weighted by molar-refractivity contribution is 0.590. The molecular formula is C12H18NP. The maximum atomic E-state index is 4.65. The minimum absolute atomic E-state index is 0.746. The number of fused-ring (bicyclic) bond motifs is 1. The van der Waals surface area contributed by atoms with Crippen molar-refractivity contribution in [3.05, 3.63) is 22.9 Å². The van der Waals surface area contributed by atoms with Gasteiger partial charge in [-0.15, -0.1) is 0 Å². The Labute approximate surface area is 88.1 Å². The molecule has 0 aromatic carbocycles. The summed E-state index contributed by atoms with van der Waals surface area (Å²) in [5.74, 6) is 0.746. The van der Waals surface area contributed by atoms with Crippen molar-refractivity contribution in [1.29, 1.82) is 0 Å². The van der Waals surface area contributed by atoms with Gasteiger partial charge in [-0.3, -0.25) is 4.98 Å². The van der Waals surface area contributed by atoms with Gasteiger partial charge in [0.1, 0.15) is 0 Å². The fraction of sp³-hybridized carbons (Fsp3) is 0.583. The Balaban J connectivity index is 2.54. The number of hydrogen-bond acceptors (Lipinski definition) is 1. The van der Waals surface area contributed by atoms with Gasteiger partial charge in [0.2, 0.25) is 0 Å². The minimum atomic E-state index is 0.746. The summed E-state index contributed by atoms with van der Waals surface area (Å²) >= 11 is 0. The van der Waals surface area contributed by atoms with E-state index in [2.05, 4.69) is 31.6 Å². The van der Waals surface area contributed by atoms with Crippen molar-refractivity contribution in [3.8, 4) is 0 Å². The molecule has 0 aliphatic heterocycles. The number of pyridine rings is 1. The van der Waals surface area contributed by atoms with Crippen molar-refractivity contribution >= 4 is 14.0 Å². The van der Waals surface area contributed by atoms with Crippen LogP contribution in [0.3, 0.4) is 0 Å². The lowest BCUT2D eigenvalue weighted by Gasteiger charge is -2.24. The van der Waals surface area contributed by atoms with Crippen molar-refractivity contribution in [1.82, 2.24) is 4.98 Å². The molecule has 0 spiro atoms. The Morgan fingerprint density at radius 3 is 3.00 bits per heavy atom. The van der Waals surface area contributed by atoms with Gasteiger partial charge in [-0.1, -0.05) is 15.5 Å². The highest BCUT2D eigenvalue weighted by atomic mass is 31.1. The van der Waals surface area contributed by atoms with E-state index in [1.54, 1.807) is 11.1 Å². The highest BCUT2D eigenvalue weighted by molar-refractivity contribution is 7.46. The third-order valence-corrected chi connectivity index (χ3v) is 4.01. The average Bonchev–Trinajstić information content (AvgIpc) is 2.18. The number of aromatic nitrogens is 1. The molecule has 1 aliphatic rings. The van der Waals surface area contributed by atoms with E-state index in [9.17, 15) is 0 Å². The molecule has 0 N–H and O–H groups in total. The van der Waals surface area contributed by atoms with Crippen LogP contribution in [0.4, 0.5) is 0 Å². The molecule has 2 rings (SSSR count). The van der Waals surface area contributed by atoms with Crippen LogP contribution in [0, 0.1) is 6.92 Å². The SMILES string of the molecule is CPc1nc(C)cc2c1CCCC2C. The van der Waals surface area contributed by atoms with Crippen LogP contribution in [0.25, 0.3) is 0 Å². The molecule has 0 fully saturated rings. The van der Waals surface area contributed by atoms with Crippen molar-refractivity contribution in [2.24, 2.45) is 0 Å². The summed E-state index contributed by atoms with van der Waals surface area (Å²) in [6.07, 6.45) is 3.95. The quantitative estimate of drug-likeness (QED) is 0.645. The zero-order valence-corrected chi connectivity index (χ0v) is 10.2. The molecule has 76 valence electrons. The van der Waals surface area contributed by atoms with Crippen LogP contribution in [-0.4, -0.2) is 11.6 Å². The normalized spacial score (nSPS) is 21.5. The van der Waals surface area contributed by atoms with E-state index in [1.807, 2.05) is 0 Å². The highest BCUT2D eigenvalue weighted by Crippen LogP contribution is 2.31. The standard InChI is InChI=1S/C12H18NP/c1-8-5-4-6-10-11(8)7-9(2)13-12(10)14-3/h7-8,14H,4-6H2,1-3H3. The highest BCUT2D eigenvalue weighted by Gasteiger charge is 2.19. The van der Waals surface area contributed by atoms with Crippen LogP contribution >= 0.6 is 8.58 Å². The zero-order valence-electron chi connectivity index (χ0n) is 9.22.